The molecule has 1 aromatic carbocycles. The summed E-state index contributed by atoms with van der Waals surface area (Å²) in [4.78, 5) is 4.12. The van der Waals surface area contributed by atoms with Crippen LogP contribution in [0.5, 0.6) is 5.75 Å². The van der Waals surface area contributed by atoms with E-state index in [2.05, 4.69) is 10.1 Å². The largest absolute Gasteiger partial charge is 0.493 e. The molecule has 0 atom stereocenters. The van der Waals surface area contributed by atoms with Crippen molar-refractivity contribution < 1.29 is 9.26 Å². The van der Waals surface area contributed by atoms with Crippen LogP contribution < -0.4 is 10.5 Å². The molecule has 0 aliphatic carbocycles. The second-order valence-electron chi connectivity index (χ2n) is 4.44. The van der Waals surface area contributed by atoms with Gasteiger partial charge in [-0.1, -0.05) is 23.4 Å². The highest BCUT2D eigenvalue weighted by atomic mass is 16.5. The average molecular weight is 281 g/mol. The number of hydrogen-bond acceptors (Lipinski definition) is 5. The van der Waals surface area contributed by atoms with Gasteiger partial charge in [0.1, 0.15) is 11.4 Å². The van der Waals surface area contributed by atoms with Gasteiger partial charge in [0.2, 0.25) is 5.88 Å². The second-order valence-corrected chi connectivity index (χ2v) is 4.44. The molecule has 0 saturated heterocycles. The van der Waals surface area contributed by atoms with Crippen molar-refractivity contribution in [1.82, 2.24) is 10.1 Å². The monoisotopic (exact) mass is 281 g/mol. The first-order chi connectivity index (χ1) is 10.3. The molecule has 5 nitrogen and oxygen atoms in total. The van der Waals surface area contributed by atoms with Crippen LogP contribution in [0.2, 0.25) is 0 Å². The molecule has 0 fully saturated rings. The SMILES string of the molecule is CCOc1ccccc1-c1noc(N)c1-c1cccnc1. The first kappa shape index (κ1) is 13.2. The Kier molecular flexibility index (Phi) is 3.55. The van der Waals surface area contributed by atoms with Crippen molar-refractivity contribution in [2.24, 2.45) is 0 Å². The smallest absolute Gasteiger partial charge is 0.230 e. The molecule has 5 heteroatoms. The highest BCUT2D eigenvalue weighted by Crippen LogP contribution is 2.39. The lowest BCUT2D eigenvalue weighted by Crippen LogP contribution is -1.95. The third-order valence-corrected chi connectivity index (χ3v) is 3.11. The summed E-state index contributed by atoms with van der Waals surface area (Å²) in [5.41, 5.74) is 9.03. The second kappa shape index (κ2) is 5.66. The Balaban J connectivity index is 2.17. The van der Waals surface area contributed by atoms with Gasteiger partial charge >= 0.3 is 0 Å². The number of hydrogen-bond donors (Lipinski definition) is 1. The van der Waals surface area contributed by atoms with Gasteiger partial charge in [0.25, 0.3) is 0 Å². The zero-order valence-electron chi connectivity index (χ0n) is 11.6. The number of nitrogen functional groups attached to an aromatic ring is 1. The van der Waals surface area contributed by atoms with Gasteiger partial charge in [0, 0.05) is 23.5 Å². The topological polar surface area (TPSA) is 74.2 Å². The van der Waals surface area contributed by atoms with E-state index < -0.39 is 0 Å². The number of para-hydroxylation sites is 1. The van der Waals surface area contributed by atoms with Crippen molar-refractivity contribution >= 4 is 5.88 Å². The Labute approximate surface area is 122 Å². The van der Waals surface area contributed by atoms with Gasteiger partial charge in [0.15, 0.2) is 0 Å². The summed E-state index contributed by atoms with van der Waals surface area (Å²) in [5.74, 6) is 1.02. The number of rotatable bonds is 4. The Morgan fingerprint density at radius 3 is 2.81 bits per heavy atom. The minimum absolute atomic E-state index is 0.268. The molecular weight excluding hydrogens is 266 g/mol. The molecule has 2 heterocycles. The maximum absolute atomic E-state index is 5.94. The number of anilines is 1. The summed E-state index contributed by atoms with van der Waals surface area (Å²) in [6.07, 6.45) is 3.44. The first-order valence-electron chi connectivity index (χ1n) is 6.69. The number of aromatic nitrogens is 2. The van der Waals surface area contributed by atoms with Crippen LogP contribution >= 0.6 is 0 Å². The molecule has 0 spiro atoms. The van der Waals surface area contributed by atoms with Gasteiger partial charge in [-0.25, -0.2) is 0 Å². The van der Waals surface area contributed by atoms with Crippen LogP contribution in [0.1, 0.15) is 6.92 Å². The third kappa shape index (κ3) is 2.45. The van der Waals surface area contributed by atoms with E-state index in [1.54, 1.807) is 12.4 Å². The molecule has 2 N–H and O–H groups in total. The molecule has 21 heavy (non-hydrogen) atoms. The number of ether oxygens (including phenoxy) is 1. The maximum Gasteiger partial charge on any atom is 0.230 e. The highest BCUT2D eigenvalue weighted by Gasteiger charge is 2.20. The fourth-order valence-electron chi connectivity index (χ4n) is 2.22. The summed E-state index contributed by atoms with van der Waals surface area (Å²) in [5, 5.41) is 4.10. The minimum atomic E-state index is 0.268. The fourth-order valence-corrected chi connectivity index (χ4v) is 2.22. The fraction of sp³-hybridized carbons (Fsp3) is 0.125. The number of nitrogens with two attached hydrogens (primary N) is 1. The lowest BCUT2D eigenvalue weighted by atomic mass is 10.0. The van der Waals surface area contributed by atoms with E-state index in [4.69, 9.17) is 15.0 Å². The Morgan fingerprint density at radius 1 is 1.19 bits per heavy atom. The molecular formula is C16H15N3O2. The molecule has 3 aromatic rings. The van der Waals surface area contributed by atoms with Gasteiger partial charge in [-0.2, -0.15) is 0 Å². The van der Waals surface area contributed by atoms with Crippen molar-refractivity contribution in [3.63, 3.8) is 0 Å². The maximum atomic E-state index is 5.94. The quantitative estimate of drug-likeness (QED) is 0.793. The summed E-state index contributed by atoms with van der Waals surface area (Å²) in [6.45, 7) is 2.52. The van der Waals surface area contributed by atoms with Crippen LogP contribution in [0.3, 0.4) is 0 Å². The molecule has 0 aliphatic rings. The number of pyridine rings is 1. The van der Waals surface area contributed by atoms with Crippen molar-refractivity contribution in [3.05, 3.63) is 48.8 Å². The Morgan fingerprint density at radius 2 is 2.05 bits per heavy atom. The number of benzene rings is 1. The average Bonchev–Trinajstić information content (AvgIpc) is 2.91. The molecule has 0 unspecified atom stereocenters. The lowest BCUT2D eigenvalue weighted by Gasteiger charge is -2.09. The van der Waals surface area contributed by atoms with Crippen LogP contribution in [0.4, 0.5) is 5.88 Å². The van der Waals surface area contributed by atoms with E-state index in [1.807, 2.05) is 43.3 Å². The van der Waals surface area contributed by atoms with E-state index in [0.717, 1.165) is 22.4 Å². The summed E-state index contributed by atoms with van der Waals surface area (Å²) in [6, 6.07) is 11.4. The standard InChI is InChI=1S/C16H15N3O2/c1-2-20-13-8-4-3-7-12(13)15-14(16(17)21-19-15)11-6-5-9-18-10-11/h3-10H,2,17H2,1H3. The zero-order chi connectivity index (χ0) is 14.7. The first-order valence-corrected chi connectivity index (χ1v) is 6.69. The minimum Gasteiger partial charge on any atom is -0.493 e. The molecule has 3 rings (SSSR count). The van der Waals surface area contributed by atoms with Gasteiger partial charge in [0.05, 0.1) is 12.2 Å². The van der Waals surface area contributed by atoms with Crippen molar-refractivity contribution in [1.29, 1.82) is 0 Å². The van der Waals surface area contributed by atoms with Gasteiger partial charge in [-0.3, -0.25) is 4.98 Å². The summed E-state index contributed by atoms with van der Waals surface area (Å²) in [7, 11) is 0. The van der Waals surface area contributed by atoms with E-state index in [0.29, 0.717) is 12.3 Å². The molecule has 0 bridgehead atoms. The van der Waals surface area contributed by atoms with Gasteiger partial charge in [-0.05, 0) is 25.1 Å². The summed E-state index contributed by atoms with van der Waals surface area (Å²) < 4.78 is 10.8. The van der Waals surface area contributed by atoms with E-state index in [1.165, 1.54) is 0 Å². The van der Waals surface area contributed by atoms with Crippen molar-refractivity contribution in [3.8, 4) is 28.1 Å². The van der Waals surface area contributed by atoms with Gasteiger partial charge < -0.3 is 15.0 Å². The number of nitrogens with zero attached hydrogens (tertiary/aromatic N) is 2. The normalized spacial score (nSPS) is 10.5. The third-order valence-electron chi connectivity index (χ3n) is 3.11. The van der Waals surface area contributed by atoms with Crippen LogP contribution in [-0.2, 0) is 0 Å². The Hall–Kier alpha value is -2.82. The molecule has 0 amide bonds. The zero-order valence-corrected chi connectivity index (χ0v) is 11.6. The van der Waals surface area contributed by atoms with Crippen LogP contribution in [0, 0.1) is 0 Å². The molecule has 0 radical (unpaired) electrons. The highest BCUT2D eigenvalue weighted by molar-refractivity contribution is 5.88. The van der Waals surface area contributed by atoms with Crippen LogP contribution in [0.25, 0.3) is 22.4 Å². The van der Waals surface area contributed by atoms with Crippen LogP contribution in [-0.4, -0.2) is 16.7 Å². The van der Waals surface area contributed by atoms with Gasteiger partial charge in [-0.15, -0.1) is 0 Å². The van der Waals surface area contributed by atoms with E-state index in [9.17, 15) is 0 Å². The van der Waals surface area contributed by atoms with E-state index in [-0.39, 0.29) is 5.88 Å². The Bertz CT molecular complexity index is 738. The lowest BCUT2D eigenvalue weighted by molar-refractivity contribution is 0.341. The predicted molar refractivity (Wildman–Crippen MR) is 80.8 cm³/mol. The summed E-state index contributed by atoms with van der Waals surface area (Å²) >= 11 is 0. The molecule has 0 saturated carbocycles. The molecule has 106 valence electrons. The van der Waals surface area contributed by atoms with Crippen molar-refractivity contribution in [2.75, 3.05) is 12.3 Å². The van der Waals surface area contributed by atoms with Crippen molar-refractivity contribution in [2.45, 2.75) is 6.92 Å². The predicted octanol–water partition coefficient (Wildman–Crippen LogP) is 3.38. The molecule has 0 aliphatic heterocycles. The van der Waals surface area contributed by atoms with Crippen LogP contribution in [0.15, 0.2) is 53.3 Å². The van der Waals surface area contributed by atoms with E-state index >= 15 is 0 Å². The molecule has 2 aromatic heterocycles.